The molecule has 0 bridgehead atoms. The minimum atomic E-state index is -0.320. The third-order valence-corrected chi connectivity index (χ3v) is 7.97. The van der Waals surface area contributed by atoms with Crippen molar-refractivity contribution < 1.29 is 19.0 Å². The number of ether oxygens (including phenoxy) is 3. The first-order chi connectivity index (χ1) is 18.2. The van der Waals surface area contributed by atoms with E-state index in [0.29, 0.717) is 40.6 Å². The fourth-order valence-corrected chi connectivity index (χ4v) is 5.22. The highest BCUT2D eigenvalue weighted by Crippen LogP contribution is 2.48. The highest BCUT2D eigenvalue weighted by molar-refractivity contribution is 7.80. The number of hydrogen-bond acceptors (Lipinski definition) is 5. The molecule has 4 rings (SSSR count). The number of hydrogen-bond donors (Lipinski definition) is 1. The number of rotatable bonds is 8. The molecule has 198 valence electrons. The molecule has 0 saturated carbocycles. The molecule has 3 aromatic rings. The van der Waals surface area contributed by atoms with Crippen LogP contribution in [0.3, 0.4) is 0 Å². The molecule has 0 unspecified atom stereocenters. The second-order valence-electron chi connectivity index (χ2n) is 7.79. The summed E-state index contributed by atoms with van der Waals surface area (Å²) in [6, 6.07) is 12.5. The lowest BCUT2D eigenvalue weighted by Gasteiger charge is -2.18. The number of anilines is 1. The Morgan fingerprint density at radius 2 is 1.58 bits per heavy atom. The van der Waals surface area contributed by atoms with Gasteiger partial charge in [-0.3, -0.25) is 4.79 Å². The Morgan fingerprint density at radius 1 is 0.921 bits per heavy atom. The Bertz CT molecular complexity index is 1430. The Labute approximate surface area is 249 Å². The molecule has 1 amide bonds. The zero-order valence-electron chi connectivity index (χ0n) is 19.9. The summed E-state index contributed by atoms with van der Waals surface area (Å²) in [6.07, 6.45) is 1.68. The van der Waals surface area contributed by atoms with E-state index in [9.17, 15) is 4.79 Å². The van der Waals surface area contributed by atoms with E-state index in [1.165, 1.54) is 12.0 Å². The van der Waals surface area contributed by atoms with Crippen molar-refractivity contribution in [3.8, 4) is 17.2 Å². The van der Waals surface area contributed by atoms with Gasteiger partial charge in [0.25, 0.3) is 5.91 Å². The number of halogens is 5. The molecule has 12 heteroatoms. The van der Waals surface area contributed by atoms with E-state index in [4.69, 9.17) is 84.4 Å². The third-order valence-electron chi connectivity index (χ3n) is 5.44. The van der Waals surface area contributed by atoms with Crippen LogP contribution < -0.4 is 24.4 Å². The highest BCUT2D eigenvalue weighted by atomic mass is 35.5. The average molecular weight is 633 g/mol. The van der Waals surface area contributed by atoms with Gasteiger partial charge in [0.1, 0.15) is 33.8 Å². The van der Waals surface area contributed by atoms with Crippen molar-refractivity contribution in [2.45, 2.75) is 13.5 Å². The predicted molar refractivity (Wildman–Crippen MR) is 158 cm³/mol. The van der Waals surface area contributed by atoms with Gasteiger partial charge in [0.2, 0.25) is 0 Å². The van der Waals surface area contributed by atoms with Gasteiger partial charge in [-0.25, -0.2) is 4.90 Å². The number of benzene rings is 3. The lowest BCUT2D eigenvalue weighted by molar-refractivity contribution is -0.113. The van der Waals surface area contributed by atoms with Crippen molar-refractivity contribution in [1.29, 1.82) is 0 Å². The molecule has 0 aliphatic carbocycles. The van der Waals surface area contributed by atoms with Crippen LogP contribution in [-0.4, -0.2) is 24.7 Å². The normalized spacial score (nSPS) is 14.2. The second kappa shape index (κ2) is 12.2. The van der Waals surface area contributed by atoms with Crippen LogP contribution in [0.5, 0.6) is 17.2 Å². The SMILES string of the molecule is CCOc1ccccc1N1C(=O)/C(=C\c2ccc(OC)c(COc3c(Cl)c(Cl)c(Cl)c(Cl)c3Cl)c2)NC1=S. The number of carbonyl (C=O) groups is 1. The number of nitrogens with one attached hydrogen (secondary N) is 1. The van der Waals surface area contributed by atoms with Crippen LogP contribution in [0, 0.1) is 0 Å². The Balaban J connectivity index is 1.62. The van der Waals surface area contributed by atoms with E-state index >= 15 is 0 Å². The smallest absolute Gasteiger partial charge is 0.281 e. The van der Waals surface area contributed by atoms with Gasteiger partial charge in [0.05, 0.1) is 34.5 Å². The molecule has 38 heavy (non-hydrogen) atoms. The van der Waals surface area contributed by atoms with E-state index in [-0.39, 0.29) is 48.5 Å². The minimum Gasteiger partial charge on any atom is -0.496 e. The minimum absolute atomic E-state index is 0.00155. The average Bonchev–Trinajstić information content (AvgIpc) is 3.19. The molecule has 1 N–H and O–H groups in total. The van der Waals surface area contributed by atoms with Gasteiger partial charge in [-0.1, -0.05) is 76.2 Å². The van der Waals surface area contributed by atoms with Crippen molar-refractivity contribution in [1.82, 2.24) is 5.32 Å². The first-order valence-corrected chi connectivity index (χ1v) is 13.4. The predicted octanol–water partition coefficient (Wildman–Crippen LogP) is 8.20. The maximum Gasteiger partial charge on any atom is 0.281 e. The summed E-state index contributed by atoms with van der Waals surface area (Å²) in [4.78, 5) is 14.7. The van der Waals surface area contributed by atoms with Crippen molar-refractivity contribution in [3.63, 3.8) is 0 Å². The van der Waals surface area contributed by atoms with Gasteiger partial charge >= 0.3 is 0 Å². The van der Waals surface area contributed by atoms with Crippen molar-refractivity contribution in [2.24, 2.45) is 0 Å². The zero-order chi connectivity index (χ0) is 27.6. The zero-order valence-corrected chi connectivity index (χ0v) is 24.5. The van der Waals surface area contributed by atoms with Gasteiger partial charge in [0, 0.05) is 5.56 Å². The van der Waals surface area contributed by atoms with Crippen LogP contribution >= 0.6 is 70.2 Å². The Morgan fingerprint density at radius 3 is 2.24 bits per heavy atom. The lowest BCUT2D eigenvalue weighted by atomic mass is 10.1. The number of carbonyl (C=O) groups excluding carboxylic acids is 1. The van der Waals surface area contributed by atoms with E-state index < -0.39 is 0 Å². The standard InChI is InChI=1S/C26H19Cl5N2O4S/c1-3-36-18-7-5-4-6-16(18)33-25(34)15(32-26(33)38)11-13-8-9-17(35-2)14(10-13)12-37-24-22(30)20(28)19(27)21(29)23(24)31/h4-11H,3,12H2,1-2H3,(H,32,38)/b15-11+. The van der Waals surface area contributed by atoms with Crippen LogP contribution in [0.4, 0.5) is 5.69 Å². The topological polar surface area (TPSA) is 60.0 Å². The summed E-state index contributed by atoms with van der Waals surface area (Å²) in [5, 5.41) is 3.38. The number of methoxy groups -OCH3 is 1. The number of thiocarbonyl (C=S) groups is 1. The molecule has 1 fully saturated rings. The van der Waals surface area contributed by atoms with Crippen molar-refractivity contribution in [2.75, 3.05) is 18.6 Å². The van der Waals surface area contributed by atoms with Gasteiger partial charge in [-0.2, -0.15) is 0 Å². The number of para-hydroxylation sites is 2. The van der Waals surface area contributed by atoms with Gasteiger partial charge in [-0.05, 0) is 55.0 Å². The summed E-state index contributed by atoms with van der Waals surface area (Å²) in [7, 11) is 1.53. The summed E-state index contributed by atoms with van der Waals surface area (Å²) in [5.74, 6) is 0.858. The van der Waals surface area contributed by atoms with E-state index in [0.717, 1.165) is 0 Å². The Hall–Kier alpha value is -2.39. The molecule has 0 aromatic heterocycles. The van der Waals surface area contributed by atoms with E-state index in [1.54, 1.807) is 36.4 Å². The second-order valence-corrected chi connectivity index (χ2v) is 10.1. The fraction of sp³-hybridized carbons (Fsp3) is 0.154. The molecule has 1 aliphatic rings. The maximum atomic E-state index is 13.3. The van der Waals surface area contributed by atoms with Crippen LogP contribution in [0.1, 0.15) is 18.1 Å². The summed E-state index contributed by atoms with van der Waals surface area (Å²) in [6.45, 7) is 2.32. The lowest BCUT2D eigenvalue weighted by Crippen LogP contribution is -2.30. The molecule has 0 radical (unpaired) electrons. The maximum absolute atomic E-state index is 13.3. The third kappa shape index (κ3) is 5.64. The van der Waals surface area contributed by atoms with Crippen molar-refractivity contribution in [3.05, 3.63) is 84.4 Å². The fourth-order valence-electron chi connectivity index (χ4n) is 3.70. The molecule has 0 atom stereocenters. The Kier molecular flexibility index (Phi) is 9.19. The number of amides is 1. The molecular weight excluding hydrogens is 614 g/mol. The molecule has 1 saturated heterocycles. The first kappa shape index (κ1) is 28.6. The van der Waals surface area contributed by atoms with Gasteiger partial charge < -0.3 is 19.5 Å². The largest absolute Gasteiger partial charge is 0.496 e. The molecule has 6 nitrogen and oxygen atoms in total. The van der Waals surface area contributed by atoms with Gasteiger partial charge in [0.15, 0.2) is 10.9 Å². The van der Waals surface area contributed by atoms with E-state index in [2.05, 4.69) is 5.32 Å². The summed E-state index contributed by atoms with van der Waals surface area (Å²) in [5.41, 5.74) is 2.17. The van der Waals surface area contributed by atoms with Crippen molar-refractivity contribution >= 4 is 93.0 Å². The highest BCUT2D eigenvalue weighted by Gasteiger charge is 2.33. The first-order valence-electron chi connectivity index (χ1n) is 11.1. The quantitative estimate of drug-likeness (QED) is 0.117. The summed E-state index contributed by atoms with van der Waals surface area (Å²) >= 11 is 36.4. The molecule has 1 heterocycles. The van der Waals surface area contributed by atoms with Crippen LogP contribution in [0.15, 0.2) is 48.2 Å². The summed E-state index contributed by atoms with van der Waals surface area (Å²) < 4.78 is 17.0. The molecule has 3 aromatic carbocycles. The molecule has 1 aliphatic heterocycles. The van der Waals surface area contributed by atoms with Crippen LogP contribution in [-0.2, 0) is 11.4 Å². The monoisotopic (exact) mass is 630 g/mol. The number of nitrogens with zero attached hydrogens (tertiary/aromatic N) is 1. The molecule has 0 spiro atoms. The van der Waals surface area contributed by atoms with Crippen LogP contribution in [0.25, 0.3) is 6.08 Å². The van der Waals surface area contributed by atoms with E-state index in [1.807, 2.05) is 19.1 Å². The van der Waals surface area contributed by atoms with Gasteiger partial charge in [-0.15, -0.1) is 0 Å². The molecular formula is C26H19Cl5N2O4S. The van der Waals surface area contributed by atoms with Crippen LogP contribution in [0.2, 0.25) is 25.1 Å².